The fraction of sp³-hybridized carbons (Fsp3) is 0.250. The van der Waals surface area contributed by atoms with E-state index in [0.29, 0.717) is 0 Å². The average molecular weight is 341 g/mol. The summed E-state index contributed by atoms with van der Waals surface area (Å²) in [6, 6.07) is 0. The van der Waals surface area contributed by atoms with Crippen LogP contribution >= 0.6 is 38.8 Å². The lowest BCUT2D eigenvalue weighted by molar-refractivity contribution is -0.141. The van der Waals surface area contributed by atoms with E-state index in [1.165, 1.54) is 6.20 Å². The van der Waals surface area contributed by atoms with Crippen LogP contribution in [0, 0.1) is 0 Å². The van der Waals surface area contributed by atoms with Crippen LogP contribution in [-0.2, 0) is 6.18 Å². The van der Waals surface area contributed by atoms with Crippen molar-refractivity contribution in [1.82, 2.24) is 7.99 Å². The third kappa shape index (κ3) is 2.08. The normalized spacial score (nSPS) is 12.1. The molecule has 0 atom stereocenters. The second-order valence-electron chi connectivity index (χ2n) is 1.71. The zero-order valence-electron chi connectivity index (χ0n) is 4.86. The van der Waals surface area contributed by atoms with Crippen molar-refractivity contribution in [3.63, 3.8) is 0 Å². The molecule has 0 aromatic carbocycles. The monoisotopic (exact) mass is 340 g/mol. The molecule has 0 radical (unpaired) electrons. The molecule has 1 aromatic heterocycles. The highest BCUT2D eigenvalue weighted by atomic mass is 127. The molecule has 0 unspecified atom stereocenters. The summed E-state index contributed by atoms with van der Waals surface area (Å²) < 4.78 is 36.9. The first-order valence-electron chi connectivity index (χ1n) is 2.40. The van der Waals surface area contributed by atoms with Gasteiger partial charge >= 0.3 is 6.18 Å². The minimum atomic E-state index is -4.38. The van der Waals surface area contributed by atoms with E-state index in [1.54, 1.807) is 22.9 Å². The fourth-order valence-corrected chi connectivity index (χ4v) is 1.89. The smallest absolute Gasteiger partial charge is 0.210 e. The molecule has 7 heteroatoms. The molecule has 62 valence electrons. The van der Waals surface area contributed by atoms with Crippen LogP contribution in [0.15, 0.2) is 10.7 Å². The maximum atomic E-state index is 12.0. The van der Waals surface area contributed by atoms with Crippen molar-refractivity contribution in [2.24, 2.45) is 0 Å². The summed E-state index contributed by atoms with van der Waals surface area (Å²) in [5.41, 5.74) is -0.896. The molecule has 0 N–H and O–H groups in total. The quantitative estimate of drug-likeness (QED) is 0.664. The van der Waals surface area contributed by atoms with Gasteiger partial charge in [-0.1, -0.05) is 0 Å². The topological polar surface area (TPSA) is 17.8 Å². The Kier molecular flexibility index (Phi) is 2.47. The van der Waals surface area contributed by atoms with E-state index in [0.717, 1.165) is 2.90 Å². The van der Waals surface area contributed by atoms with Crippen molar-refractivity contribution in [3.05, 3.63) is 16.4 Å². The van der Waals surface area contributed by atoms with Crippen LogP contribution in [0.5, 0.6) is 0 Å². The highest BCUT2D eigenvalue weighted by molar-refractivity contribution is 14.1. The van der Waals surface area contributed by atoms with Crippen molar-refractivity contribution in [3.8, 4) is 0 Å². The Morgan fingerprint density at radius 3 is 2.27 bits per heavy atom. The maximum Gasteiger partial charge on any atom is 0.436 e. The van der Waals surface area contributed by atoms with Crippen molar-refractivity contribution in [2.45, 2.75) is 6.18 Å². The van der Waals surface area contributed by atoms with Crippen molar-refractivity contribution >= 4 is 38.8 Å². The number of alkyl halides is 3. The number of rotatable bonds is 0. The molecule has 0 fully saturated rings. The van der Waals surface area contributed by atoms with Gasteiger partial charge in [0.2, 0.25) is 0 Å². The Labute approximate surface area is 82.4 Å². The predicted octanol–water partition coefficient (Wildman–Crippen LogP) is 2.86. The fourth-order valence-electron chi connectivity index (χ4n) is 0.519. The number of hydrogen-bond donors (Lipinski definition) is 0. The van der Waals surface area contributed by atoms with Crippen LogP contribution in [-0.4, -0.2) is 7.99 Å². The molecule has 2 nitrogen and oxygen atoms in total. The number of aromatic nitrogens is 2. The van der Waals surface area contributed by atoms with Crippen LogP contribution in [0.1, 0.15) is 5.69 Å². The van der Waals surface area contributed by atoms with Gasteiger partial charge in [0.05, 0.1) is 33.5 Å². The standard InChI is InChI=1S/C4HBrF3IN2/c5-2-1-11(9)10-3(2)4(6,7)8/h1H. The molecule has 0 saturated carbocycles. The highest BCUT2D eigenvalue weighted by Crippen LogP contribution is 2.33. The molecule has 0 saturated heterocycles. The van der Waals surface area contributed by atoms with Gasteiger partial charge < -0.3 is 0 Å². The molecule has 1 heterocycles. The third-order valence-electron chi connectivity index (χ3n) is 0.910. The molecule has 0 amide bonds. The minimum absolute atomic E-state index is 0.0422. The van der Waals surface area contributed by atoms with Crippen LogP contribution < -0.4 is 0 Å². The molecular formula is C4HBrF3IN2. The zero-order chi connectivity index (χ0) is 8.65. The van der Waals surface area contributed by atoms with Gasteiger partial charge in [-0.05, 0) is 15.9 Å². The van der Waals surface area contributed by atoms with Gasteiger partial charge in [0, 0.05) is 0 Å². The summed E-state index contributed by atoms with van der Waals surface area (Å²) in [4.78, 5) is 0. The minimum Gasteiger partial charge on any atom is -0.210 e. The maximum absolute atomic E-state index is 12.0. The number of nitrogens with zero attached hydrogens (tertiary/aromatic N) is 2. The van der Waals surface area contributed by atoms with Crippen LogP contribution in [0.3, 0.4) is 0 Å². The summed E-state index contributed by atoms with van der Waals surface area (Å²) in [6.07, 6.45) is -3.14. The second-order valence-corrected chi connectivity index (χ2v) is 3.55. The molecule has 0 spiro atoms. The van der Waals surface area contributed by atoms with Crippen molar-refractivity contribution < 1.29 is 13.2 Å². The third-order valence-corrected chi connectivity index (χ3v) is 1.98. The van der Waals surface area contributed by atoms with Crippen molar-refractivity contribution in [2.75, 3.05) is 0 Å². The molecule has 0 bridgehead atoms. The van der Waals surface area contributed by atoms with Gasteiger partial charge in [0.1, 0.15) is 0 Å². The van der Waals surface area contributed by atoms with E-state index >= 15 is 0 Å². The Morgan fingerprint density at radius 1 is 1.55 bits per heavy atom. The van der Waals surface area contributed by atoms with Crippen LogP contribution in [0.2, 0.25) is 0 Å². The van der Waals surface area contributed by atoms with Gasteiger partial charge in [0.25, 0.3) is 0 Å². The molecular weight excluding hydrogens is 340 g/mol. The van der Waals surface area contributed by atoms with Gasteiger partial charge in [-0.15, -0.1) is 0 Å². The zero-order valence-corrected chi connectivity index (χ0v) is 8.61. The van der Waals surface area contributed by atoms with E-state index in [4.69, 9.17) is 0 Å². The van der Waals surface area contributed by atoms with Crippen molar-refractivity contribution in [1.29, 1.82) is 0 Å². The molecule has 0 aliphatic heterocycles. The SMILES string of the molecule is FC(F)(F)c1nn(I)cc1Br. The van der Waals surface area contributed by atoms with Gasteiger partial charge in [-0.2, -0.15) is 18.3 Å². The summed E-state index contributed by atoms with van der Waals surface area (Å²) in [5, 5.41) is 3.21. The van der Waals surface area contributed by atoms with Crippen LogP contribution in [0.25, 0.3) is 0 Å². The van der Waals surface area contributed by atoms with Gasteiger partial charge in [-0.25, -0.2) is 2.90 Å². The Morgan fingerprint density at radius 2 is 2.09 bits per heavy atom. The van der Waals surface area contributed by atoms with E-state index in [-0.39, 0.29) is 4.47 Å². The summed E-state index contributed by atoms with van der Waals surface area (Å²) >= 11 is 4.39. The number of halogens is 5. The Balaban J connectivity index is 3.13. The van der Waals surface area contributed by atoms with Gasteiger partial charge in [0.15, 0.2) is 5.69 Å². The molecule has 11 heavy (non-hydrogen) atoms. The van der Waals surface area contributed by atoms with E-state index in [9.17, 15) is 13.2 Å². The first kappa shape index (κ1) is 9.30. The van der Waals surface area contributed by atoms with E-state index in [2.05, 4.69) is 21.0 Å². The number of hydrogen-bond acceptors (Lipinski definition) is 1. The van der Waals surface area contributed by atoms with E-state index in [1.807, 2.05) is 0 Å². The van der Waals surface area contributed by atoms with Gasteiger partial charge in [-0.3, -0.25) is 0 Å². The largest absolute Gasteiger partial charge is 0.436 e. The predicted molar refractivity (Wildman–Crippen MR) is 44.3 cm³/mol. The molecule has 1 aromatic rings. The first-order chi connectivity index (χ1) is 4.91. The summed E-state index contributed by atoms with van der Waals surface area (Å²) in [5.74, 6) is 0. The molecule has 1 rings (SSSR count). The lowest BCUT2D eigenvalue weighted by atomic mass is 10.4. The molecule has 0 aliphatic rings. The van der Waals surface area contributed by atoms with E-state index < -0.39 is 11.9 Å². The summed E-state index contributed by atoms with van der Waals surface area (Å²) in [7, 11) is 0. The van der Waals surface area contributed by atoms with Crippen LogP contribution in [0.4, 0.5) is 13.2 Å². The first-order valence-corrected chi connectivity index (χ1v) is 4.15. The Hall–Kier alpha value is 0.210. The molecule has 0 aliphatic carbocycles. The highest BCUT2D eigenvalue weighted by Gasteiger charge is 2.36. The second kappa shape index (κ2) is 2.92. The lowest BCUT2D eigenvalue weighted by Crippen LogP contribution is -2.06. The Bertz CT molecular complexity index is 269. The lowest BCUT2D eigenvalue weighted by Gasteiger charge is -2.00. The summed E-state index contributed by atoms with van der Waals surface area (Å²) in [6.45, 7) is 0. The average Bonchev–Trinajstić information content (AvgIpc) is 2.08.